The number of rotatable bonds is 19. The lowest BCUT2D eigenvalue weighted by Crippen LogP contribution is -2.58. The SMILES string of the molecule is CC(C)C[C@H](NC(=O)[C@H](CCS(C)(=O)=O)NC(=O)[C@@H](NC(=O)OC(C)(C)C)C(C)C)[C@@H](O)C[C@@H](C)C(=O)N[C@@H](C)C(=O)NCc1ccccc1. The molecular formula is C35H59N5O9S. The van der Waals surface area contributed by atoms with Crippen molar-refractivity contribution in [3.05, 3.63) is 35.9 Å². The maximum Gasteiger partial charge on any atom is 0.408 e. The monoisotopic (exact) mass is 725 g/mol. The molecule has 0 aliphatic heterocycles. The fourth-order valence-corrected chi connectivity index (χ4v) is 5.59. The predicted molar refractivity (Wildman–Crippen MR) is 191 cm³/mol. The van der Waals surface area contributed by atoms with Gasteiger partial charge in [0, 0.05) is 18.7 Å². The predicted octanol–water partition coefficient (Wildman–Crippen LogP) is 2.19. The summed E-state index contributed by atoms with van der Waals surface area (Å²) in [7, 11) is -3.53. The van der Waals surface area contributed by atoms with Crippen LogP contribution < -0.4 is 26.6 Å². The minimum atomic E-state index is -3.53. The number of nitrogens with one attached hydrogen (secondary N) is 5. The first-order valence-corrected chi connectivity index (χ1v) is 19.1. The van der Waals surface area contributed by atoms with E-state index in [0.29, 0.717) is 13.0 Å². The van der Waals surface area contributed by atoms with Crippen LogP contribution in [0.4, 0.5) is 4.79 Å². The first-order chi connectivity index (χ1) is 23.0. The number of aliphatic hydroxyl groups excluding tert-OH is 1. The second-order valence-electron chi connectivity index (χ2n) is 14.7. The number of carbonyl (C=O) groups excluding carboxylic acids is 5. The van der Waals surface area contributed by atoms with Gasteiger partial charge in [-0.3, -0.25) is 19.2 Å². The van der Waals surface area contributed by atoms with Crippen LogP contribution in [-0.4, -0.2) is 91.1 Å². The summed E-state index contributed by atoms with van der Waals surface area (Å²) in [6.07, 6.45) is -1.03. The zero-order valence-corrected chi connectivity index (χ0v) is 32.0. The van der Waals surface area contributed by atoms with Crippen molar-refractivity contribution in [2.75, 3.05) is 12.0 Å². The molecule has 0 spiro atoms. The van der Waals surface area contributed by atoms with Crippen molar-refractivity contribution in [2.45, 2.75) is 124 Å². The Bertz CT molecular complexity index is 1380. The molecule has 50 heavy (non-hydrogen) atoms. The third kappa shape index (κ3) is 17.8. The van der Waals surface area contributed by atoms with Crippen LogP contribution >= 0.6 is 0 Å². The molecule has 0 saturated heterocycles. The van der Waals surface area contributed by atoms with Gasteiger partial charge < -0.3 is 36.4 Å². The molecule has 0 aromatic heterocycles. The van der Waals surface area contributed by atoms with Gasteiger partial charge in [0.15, 0.2) is 0 Å². The Morgan fingerprint density at radius 1 is 0.800 bits per heavy atom. The van der Waals surface area contributed by atoms with Crippen molar-refractivity contribution in [1.29, 1.82) is 0 Å². The third-order valence-corrected chi connectivity index (χ3v) is 8.63. The van der Waals surface area contributed by atoms with Gasteiger partial charge in [0.2, 0.25) is 23.6 Å². The Kier molecular flexibility index (Phi) is 17.9. The van der Waals surface area contributed by atoms with Crippen LogP contribution in [0.5, 0.6) is 0 Å². The first-order valence-electron chi connectivity index (χ1n) is 17.1. The van der Waals surface area contributed by atoms with E-state index in [0.717, 1.165) is 11.8 Å². The van der Waals surface area contributed by atoms with E-state index in [1.807, 2.05) is 44.2 Å². The van der Waals surface area contributed by atoms with Crippen molar-refractivity contribution in [3.8, 4) is 0 Å². The molecule has 0 radical (unpaired) electrons. The number of alkyl carbamates (subject to hydrolysis) is 1. The van der Waals surface area contributed by atoms with Crippen LogP contribution in [-0.2, 0) is 40.3 Å². The van der Waals surface area contributed by atoms with Crippen molar-refractivity contribution >= 4 is 39.6 Å². The summed E-state index contributed by atoms with van der Waals surface area (Å²) in [5.41, 5.74) is 0.0873. The van der Waals surface area contributed by atoms with E-state index in [1.54, 1.807) is 48.5 Å². The summed E-state index contributed by atoms with van der Waals surface area (Å²) in [5, 5.41) is 24.5. The lowest BCUT2D eigenvalue weighted by molar-refractivity contribution is -0.132. The van der Waals surface area contributed by atoms with E-state index in [4.69, 9.17) is 4.74 Å². The molecule has 0 bridgehead atoms. The molecule has 15 heteroatoms. The van der Waals surface area contributed by atoms with Crippen LogP contribution in [0, 0.1) is 17.8 Å². The maximum absolute atomic E-state index is 13.6. The second-order valence-corrected chi connectivity index (χ2v) is 17.0. The van der Waals surface area contributed by atoms with Crippen LogP contribution in [0.1, 0.15) is 87.1 Å². The summed E-state index contributed by atoms with van der Waals surface area (Å²) in [6.45, 7) is 15.6. The zero-order valence-electron chi connectivity index (χ0n) is 31.2. The molecule has 1 aromatic carbocycles. The van der Waals surface area contributed by atoms with Gasteiger partial charge in [-0.1, -0.05) is 65.0 Å². The number of amides is 5. The van der Waals surface area contributed by atoms with Crippen LogP contribution in [0.15, 0.2) is 30.3 Å². The summed E-state index contributed by atoms with van der Waals surface area (Å²) in [5.74, 6) is -3.85. The van der Waals surface area contributed by atoms with E-state index in [9.17, 15) is 37.5 Å². The summed E-state index contributed by atoms with van der Waals surface area (Å²) >= 11 is 0. The Morgan fingerprint density at radius 2 is 1.40 bits per heavy atom. The topological polar surface area (TPSA) is 209 Å². The van der Waals surface area contributed by atoms with Gasteiger partial charge in [0.1, 0.15) is 33.6 Å². The molecule has 14 nitrogen and oxygen atoms in total. The summed E-state index contributed by atoms with van der Waals surface area (Å²) < 4.78 is 29.3. The summed E-state index contributed by atoms with van der Waals surface area (Å²) in [6, 6.07) is 5.20. The largest absolute Gasteiger partial charge is 0.444 e. The number of hydrogen-bond donors (Lipinski definition) is 6. The fraction of sp³-hybridized carbons (Fsp3) is 0.686. The lowest BCUT2D eigenvalue weighted by atomic mass is 9.92. The maximum atomic E-state index is 13.6. The van der Waals surface area contributed by atoms with E-state index in [2.05, 4.69) is 26.6 Å². The highest BCUT2D eigenvalue weighted by atomic mass is 32.2. The second kappa shape index (κ2) is 20.2. The average Bonchev–Trinajstić information content (AvgIpc) is 2.98. The molecule has 0 aliphatic rings. The molecular weight excluding hydrogens is 666 g/mol. The van der Waals surface area contributed by atoms with E-state index in [1.165, 1.54) is 0 Å². The van der Waals surface area contributed by atoms with Gasteiger partial charge in [-0.25, -0.2) is 13.2 Å². The smallest absolute Gasteiger partial charge is 0.408 e. The number of sulfone groups is 1. The Hall–Kier alpha value is -3.72. The minimum absolute atomic E-state index is 0.000161. The minimum Gasteiger partial charge on any atom is -0.444 e. The van der Waals surface area contributed by atoms with Crippen LogP contribution in [0.25, 0.3) is 0 Å². The van der Waals surface area contributed by atoms with Crippen molar-refractivity contribution < 1.29 is 42.2 Å². The van der Waals surface area contributed by atoms with Crippen molar-refractivity contribution in [1.82, 2.24) is 26.6 Å². The number of hydrogen-bond acceptors (Lipinski definition) is 9. The van der Waals surface area contributed by atoms with Crippen molar-refractivity contribution in [3.63, 3.8) is 0 Å². The van der Waals surface area contributed by atoms with E-state index >= 15 is 0 Å². The zero-order chi connectivity index (χ0) is 38.4. The lowest BCUT2D eigenvalue weighted by Gasteiger charge is -2.30. The Morgan fingerprint density at radius 3 is 1.92 bits per heavy atom. The molecule has 6 N–H and O–H groups in total. The molecule has 0 heterocycles. The van der Waals surface area contributed by atoms with Gasteiger partial charge in [-0.2, -0.15) is 0 Å². The molecule has 5 amide bonds. The number of aliphatic hydroxyl groups is 1. The van der Waals surface area contributed by atoms with Gasteiger partial charge in [0.25, 0.3) is 0 Å². The number of benzene rings is 1. The average molecular weight is 726 g/mol. The standard InChI is InChI=1S/C35H59N5O9S/c1-21(2)18-27(28(41)19-23(5)30(42)37-24(6)31(43)36-20-25-14-12-11-13-15-25)39-32(44)26(16-17-50(10,47)48)38-33(45)29(22(3)4)40-34(46)49-35(7,8)9/h11-15,21-24,26-29,41H,16-20H2,1-10H3,(H,36,43)(H,37,42)(H,38,45)(H,39,44)(H,40,46)/t23-,24+,26+,27+,28+,29+/m1/s1. The Labute approximate surface area is 297 Å². The molecule has 6 atom stereocenters. The van der Waals surface area contributed by atoms with Crippen LogP contribution in [0.3, 0.4) is 0 Å². The quantitative estimate of drug-likeness (QED) is 0.123. The molecule has 0 saturated carbocycles. The number of ether oxygens (including phenoxy) is 1. The molecule has 1 rings (SSSR count). The van der Waals surface area contributed by atoms with Gasteiger partial charge in [-0.05, 0) is 64.4 Å². The molecule has 0 unspecified atom stereocenters. The highest BCUT2D eigenvalue weighted by Crippen LogP contribution is 2.17. The van der Waals surface area contributed by atoms with E-state index < -0.39 is 87.1 Å². The van der Waals surface area contributed by atoms with Crippen LogP contribution in [0.2, 0.25) is 0 Å². The molecule has 0 aliphatic carbocycles. The van der Waals surface area contributed by atoms with E-state index in [-0.39, 0.29) is 24.7 Å². The number of carbonyl (C=O) groups is 5. The first kappa shape index (κ1) is 44.3. The normalized spacial score (nSPS) is 15.5. The highest BCUT2D eigenvalue weighted by Gasteiger charge is 2.33. The Balaban J connectivity index is 3.02. The highest BCUT2D eigenvalue weighted by molar-refractivity contribution is 7.90. The summed E-state index contributed by atoms with van der Waals surface area (Å²) in [4.78, 5) is 65.0. The molecule has 0 fully saturated rings. The molecule has 1 aromatic rings. The van der Waals surface area contributed by atoms with Gasteiger partial charge >= 0.3 is 6.09 Å². The van der Waals surface area contributed by atoms with Gasteiger partial charge in [0.05, 0.1) is 17.9 Å². The molecule has 284 valence electrons. The fourth-order valence-electron chi connectivity index (χ4n) is 4.93. The third-order valence-electron chi connectivity index (χ3n) is 7.65. The van der Waals surface area contributed by atoms with Gasteiger partial charge in [-0.15, -0.1) is 0 Å². The van der Waals surface area contributed by atoms with Crippen molar-refractivity contribution in [2.24, 2.45) is 17.8 Å².